The molecular formula is C25H38BN3O6Si. The molecule has 2 amide bonds. The van der Waals surface area contributed by atoms with Gasteiger partial charge in [0.15, 0.2) is 0 Å². The van der Waals surface area contributed by atoms with Gasteiger partial charge in [-0.15, -0.1) is 0 Å². The highest BCUT2D eigenvalue weighted by atomic mass is 28.3. The number of piperidine rings is 1. The van der Waals surface area contributed by atoms with Gasteiger partial charge in [-0.05, 0) is 57.8 Å². The lowest BCUT2D eigenvalue weighted by molar-refractivity contribution is -0.157. The Kier molecular flexibility index (Phi) is 6.91. The molecule has 36 heavy (non-hydrogen) atoms. The van der Waals surface area contributed by atoms with Crippen LogP contribution in [0.4, 0.5) is 0 Å². The average molecular weight is 515 g/mol. The quantitative estimate of drug-likeness (QED) is 0.320. The van der Waals surface area contributed by atoms with E-state index in [9.17, 15) is 14.4 Å². The number of aryl methyl sites for hydroxylation is 1. The van der Waals surface area contributed by atoms with Crippen LogP contribution in [0, 0.1) is 0 Å². The Hall–Kier alpha value is -2.21. The predicted octanol–water partition coefficient (Wildman–Crippen LogP) is 2.64. The van der Waals surface area contributed by atoms with E-state index in [2.05, 4.69) is 19.6 Å². The lowest BCUT2D eigenvalue weighted by Gasteiger charge is -2.32. The van der Waals surface area contributed by atoms with Gasteiger partial charge in [-0.2, -0.15) is 0 Å². The zero-order valence-corrected chi connectivity index (χ0v) is 23.7. The van der Waals surface area contributed by atoms with Gasteiger partial charge in [0.2, 0.25) is 5.91 Å². The number of imidazole rings is 1. The van der Waals surface area contributed by atoms with Crippen molar-refractivity contribution in [2.24, 2.45) is 7.05 Å². The molecule has 1 aromatic heterocycles. The molecule has 11 heteroatoms. The molecule has 1 aromatic carbocycles. The number of aromatic nitrogens is 2. The van der Waals surface area contributed by atoms with Crippen LogP contribution in [0.3, 0.4) is 0 Å². The van der Waals surface area contributed by atoms with Gasteiger partial charge in [0.1, 0.15) is 12.8 Å². The fourth-order valence-electron chi connectivity index (χ4n) is 4.54. The Morgan fingerprint density at radius 2 is 1.69 bits per heavy atom. The molecule has 2 aliphatic rings. The smallest absolute Gasteiger partial charge is 0.399 e. The van der Waals surface area contributed by atoms with E-state index in [0.717, 1.165) is 16.4 Å². The third-order valence-electron chi connectivity index (χ3n) is 7.65. The number of hydrogen-bond donors (Lipinski definition) is 0. The molecular weight excluding hydrogens is 477 g/mol. The van der Waals surface area contributed by atoms with Crippen molar-refractivity contribution in [1.29, 1.82) is 0 Å². The number of hydrogen-bond acceptors (Lipinski definition) is 6. The van der Waals surface area contributed by atoms with Gasteiger partial charge in [0.25, 0.3) is 5.91 Å². The maximum Gasteiger partial charge on any atom is 0.494 e. The van der Waals surface area contributed by atoms with Gasteiger partial charge >= 0.3 is 12.8 Å². The summed E-state index contributed by atoms with van der Waals surface area (Å²) in [5.41, 5.74) is 0.850. The first-order valence-corrected chi connectivity index (χ1v) is 16.3. The molecule has 3 heterocycles. The molecule has 0 bridgehead atoms. The summed E-state index contributed by atoms with van der Waals surface area (Å²) in [6.07, 6.45) is 0.462. The van der Waals surface area contributed by atoms with Crippen molar-refractivity contribution in [2.75, 3.05) is 13.3 Å². The maximum absolute atomic E-state index is 13.4. The number of nitrogens with zero attached hydrogens (tertiary/aromatic N) is 3. The fourth-order valence-corrected chi connectivity index (χ4v) is 5.29. The van der Waals surface area contributed by atoms with Crippen LogP contribution in [0.1, 0.15) is 46.6 Å². The van der Waals surface area contributed by atoms with E-state index >= 15 is 0 Å². The van der Waals surface area contributed by atoms with Crippen LogP contribution in [0.25, 0.3) is 11.0 Å². The van der Waals surface area contributed by atoms with Gasteiger partial charge in [-0.25, -0.2) is 4.79 Å². The minimum absolute atomic E-state index is 0.0791. The normalized spacial score (nSPS) is 22.2. The van der Waals surface area contributed by atoms with Gasteiger partial charge in [-0.1, -0.05) is 25.7 Å². The second-order valence-electron chi connectivity index (χ2n) is 12.1. The summed E-state index contributed by atoms with van der Waals surface area (Å²) in [5, 5.41) is 0. The lowest BCUT2D eigenvalue weighted by Crippen LogP contribution is -2.48. The summed E-state index contributed by atoms with van der Waals surface area (Å²) >= 11 is 0. The number of amides is 2. The van der Waals surface area contributed by atoms with Crippen molar-refractivity contribution >= 4 is 43.5 Å². The van der Waals surface area contributed by atoms with Crippen LogP contribution in [-0.4, -0.2) is 65.6 Å². The van der Waals surface area contributed by atoms with Crippen LogP contribution < -0.4 is 11.2 Å². The number of ether oxygens (including phenoxy) is 1. The highest BCUT2D eigenvalue weighted by Crippen LogP contribution is 2.36. The summed E-state index contributed by atoms with van der Waals surface area (Å²) in [7, 11) is -0.164. The largest absolute Gasteiger partial charge is 0.494 e. The molecule has 1 atom stereocenters. The number of carbonyl (C=O) groups excluding carboxylic acids is 2. The third kappa shape index (κ3) is 4.86. The number of likely N-dealkylation sites (tertiary alicyclic amines) is 1. The van der Waals surface area contributed by atoms with Crippen LogP contribution in [0.15, 0.2) is 23.0 Å². The molecule has 2 aliphatic heterocycles. The number of imide groups is 1. The number of fused-ring (bicyclic) bond motifs is 1. The molecule has 1 unspecified atom stereocenters. The van der Waals surface area contributed by atoms with Crippen molar-refractivity contribution in [3.05, 3.63) is 28.7 Å². The molecule has 2 aromatic rings. The van der Waals surface area contributed by atoms with Gasteiger partial charge < -0.3 is 14.0 Å². The lowest BCUT2D eigenvalue weighted by atomic mass is 9.79. The maximum atomic E-state index is 13.4. The molecule has 196 valence electrons. The molecule has 9 nitrogen and oxygen atoms in total. The standard InChI is InChI=1S/C25H38BN3O6Si/c1-24(2)25(3,4)35-26(34-24)17-9-10-18-20(15-17)27(5)23(32)29(18)19-11-12-21(30)28(22(19)31)16-33-13-14-36(6,7)8/h9-10,15,19H,11-14,16H2,1-8H3. The first-order valence-electron chi connectivity index (χ1n) is 12.6. The van der Waals surface area contributed by atoms with Gasteiger partial charge in [0.05, 0.1) is 22.2 Å². The molecule has 0 radical (unpaired) electrons. The monoisotopic (exact) mass is 515 g/mol. The van der Waals surface area contributed by atoms with E-state index in [0.29, 0.717) is 17.6 Å². The molecule has 0 saturated carbocycles. The van der Waals surface area contributed by atoms with E-state index in [1.807, 2.05) is 45.9 Å². The zero-order chi connectivity index (χ0) is 26.6. The third-order valence-corrected chi connectivity index (χ3v) is 9.36. The Bertz CT molecular complexity index is 1230. The topological polar surface area (TPSA) is 92.0 Å². The summed E-state index contributed by atoms with van der Waals surface area (Å²) in [6, 6.07) is 5.76. The van der Waals surface area contributed by atoms with Crippen molar-refractivity contribution in [1.82, 2.24) is 14.0 Å². The number of benzene rings is 1. The number of carbonyl (C=O) groups is 2. The van der Waals surface area contributed by atoms with Gasteiger partial charge in [-0.3, -0.25) is 23.6 Å². The molecule has 2 fully saturated rings. The first kappa shape index (κ1) is 26.8. The zero-order valence-electron chi connectivity index (χ0n) is 22.7. The summed E-state index contributed by atoms with van der Waals surface area (Å²) in [4.78, 5) is 40.4. The fraction of sp³-hybridized carbons (Fsp3) is 0.640. The van der Waals surface area contributed by atoms with E-state index in [4.69, 9.17) is 14.0 Å². The second-order valence-corrected chi connectivity index (χ2v) is 17.7. The summed E-state index contributed by atoms with van der Waals surface area (Å²) in [6.45, 7) is 15.1. The highest BCUT2D eigenvalue weighted by molar-refractivity contribution is 6.76. The molecule has 0 aliphatic carbocycles. The Balaban J connectivity index is 1.60. The Labute approximate surface area is 213 Å². The van der Waals surface area contributed by atoms with Crippen molar-refractivity contribution in [3.63, 3.8) is 0 Å². The van der Waals surface area contributed by atoms with Crippen LogP contribution in [0.2, 0.25) is 25.7 Å². The SMILES string of the molecule is Cn1c(=O)n(C2CCC(=O)N(COCC[Si](C)(C)C)C2=O)c2ccc(B3OC(C)(C)C(C)(C)O3)cc21. The van der Waals surface area contributed by atoms with Crippen molar-refractivity contribution < 1.29 is 23.6 Å². The van der Waals surface area contributed by atoms with Gasteiger partial charge in [0, 0.05) is 28.1 Å². The minimum Gasteiger partial charge on any atom is -0.399 e. The second kappa shape index (κ2) is 9.27. The Morgan fingerprint density at radius 3 is 2.31 bits per heavy atom. The first-order chi connectivity index (χ1) is 16.6. The highest BCUT2D eigenvalue weighted by Gasteiger charge is 2.51. The van der Waals surface area contributed by atoms with Crippen LogP contribution in [-0.2, 0) is 30.7 Å². The molecule has 4 rings (SSSR count). The van der Waals surface area contributed by atoms with E-state index in [1.54, 1.807) is 7.05 Å². The van der Waals surface area contributed by atoms with Crippen molar-refractivity contribution in [3.8, 4) is 0 Å². The Morgan fingerprint density at radius 1 is 1.06 bits per heavy atom. The summed E-state index contributed by atoms with van der Waals surface area (Å²) < 4.78 is 21.1. The predicted molar refractivity (Wildman–Crippen MR) is 142 cm³/mol. The van der Waals surface area contributed by atoms with E-state index < -0.39 is 38.3 Å². The molecule has 2 saturated heterocycles. The summed E-state index contributed by atoms with van der Waals surface area (Å²) in [5.74, 6) is -0.663. The van der Waals surface area contributed by atoms with Crippen molar-refractivity contribution in [2.45, 2.75) is 83.5 Å². The van der Waals surface area contributed by atoms with E-state index in [1.165, 1.54) is 9.13 Å². The van der Waals surface area contributed by atoms with E-state index in [-0.39, 0.29) is 31.2 Å². The average Bonchev–Trinajstić information content (AvgIpc) is 3.14. The number of rotatable bonds is 7. The molecule has 0 spiro atoms. The molecule has 0 N–H and O–H groups in total. The minimum atomic E-state index is -1.29. The van der Waals surface area contributed by atoms with Crippen LogP contribution in [0.5, 0.6) is 0 Å². The van der Waals surface area contributed by atoms with Crippen LogP contribution >= 0.6 is 0 Å².